The van der Waals surface area contributed by atoms with Gasteiger partial charge in [-0.1, -0.05) is 24.3 Å². The minimum absolute atomic E-state index is 0.0886. The van der Waals surface area contributed by atoms with E-state index in [1.807, 2.05) is 0 Å². The number of rotatable bonds is 8. The van der Waals surface area contributed by atoms with Crippen molar-refractivity contribution in [1.29, 1.82) is 0 Å². The van der Waals surface area contributed by atoms with Gasteiger partial charge in [-0.3, -0.25) is 14.4 Å². The first-order valence-electron chi connectivity index (χ1n) is 10.8. The minimum atomic E-state index is -1.42. The summed E-state index contributed by atoms with van der Waals surface area (Å²) in [6.45, 7) is 4.35. The van der Waals surface area contributed by atoms with Crippen LogP contribution in [0.5, 0.6) is 23.0 Å². The molecule has 0 unspecified atom stereocenters. The SMILES string of the molecule is CCOc1c(C(=O)Nc2cc(OC(C)=O)c(O)cc2C(=O)O)cccc1-c1cccc(OC(C)=O)c1. The molecule has 0 heterocycles. The Labute approximate surface area is 206 Å². The quantitative estimate of drug-likeness (QED) is 0.238. The van der Waals surface area contributed by atoms with E-state index in [4.69, 9.17) is 14.2 Å². The summed E-state index contributed by atoms with van der Waals surface area (Å²) in [6, 6.07) is 13.4. The van der Waals surface area contributed by atoms with E-state index in [0.717, 1.165) is 19.1 Å². The molecule has 1 amide bonds. The maximum Gasteiger partial charge on any atom is 0.337 e. The number of anilines is 1. The van der Waals surface area contributed by atoms with Gasteiger partial charge < -0.3 is 29.7 Å². The second-order valence-corrected chi connectivity index (χ2v) is 7.46. The fourth-order valence-electron chi connectivity index (χ4n) is 3.41. The van der Waals surface area contributed by atoms with Crippen molar-refractivity contribution >= 4 is 29.5 Å². The molecule has 0 saturated heterocycles. The maximum absolute atomic E-state index is 13.3. The topological polar surface area (TPSA) is 148 Å². The number of carboxylic acid groups (broad SMARTS) is 1. The average molecular weight is 493 g/mol. The second kappa shape index (κ2) is 11.0. The Bertz CT molecular complexity index is 1350. The molecule has 0 bridgehead atoms. The van der Waals surface area contributed by atoms with E-state index >= 15 is 0 Å². The third-order valence-electron chi connectivity index (χ3n) is 4.79. The van der Waals surface area contributed by atoms with Crippen LogP contribution in [0.25, 0.3) is 11.1 Å². The largest absolute Gasteiger partial charge is 0.504 e. The minimum Gasteiger partial charge on any atom is -0.504 e. The van der Waals surface area contributed by atoms with Gasteiger partial charge in [-0.25, -0.2) is 4.79 Å². The highest BCUT2D eigenvalue weighted by atomic mass is 16.5. The number of amides is 1. The van der Waals surface area contributed by atoms with Crippen molar-refractivity contribution < 1.29 is 43.6 Å². The molecule has 0 aliphatic heterocycles. The zero-order valence-corrected chi connectivity index (χ0v) is 19.7. The number of phenols is 1. The van der Waals surface area contributed by atoms with E-state index in [1.54, 1.807) is 43.3 Å². The lowest BCUT2D eigenvalue weighted by atomic mass is 10.0. The predicted octanol–water partition coefficient (Wildman–Crippen LogP) is 4.26. The van der Waals surface area contributed by atoms with Crippen LogP contribution in [0.3, 0.4) is 0 Å². The molecule has 0 fully saturated rings. The van der Waals surface area contributed by atoms with Gasteiger partial charge >= 0.3 is 17.9 Å². The number of carboxylic acids is 1. The normalized spacial score (nSPS) is 10.3. The Morgan fingerprint density at radius 2 is 1.58 bits per heavy atom. The van der Waals surface area contributed by atoms with E-state index < -0.39 is 35.1 Å². The summed E-state index contributed by atoms with van der Waals surface area (Å²) >= 11 is 0. The van der Waals surface area contributed by atoms with Crippen LogP contribution < -0.4 is 19.5 Å². The van der Waals surface area contributed by atoms with E-state index in [1.165, 1.54) is 13.0 Å². The number of para-hydroxylation sites is 1. The van der Waals surface area contributed by atoms with Crippen LogP contribution >= 0.6 is 0 Å². The number of esters is 2. The lowest BCUT2D eigenvalue weighted by molar-refractivity contribution is -0.132. The van der Waals surface area contributed by atoms with Gasteiger partial charge in [0.1, 0.15) is 11.5 Å². The summed E-state index contributed by atoms with van der Waals surface area (Å²) in [6.07, 6.45) is 0. The molecule has 0 radical (unpaired) electrons. The summed E-state index contributed by atoms with van der Waals surface area (Å²) in [4.78, 5) is 47.7. The summed E-state index contributed by atoms with van der Waals surface area (Å²) < 4.78 is 15.8. The van der Waals surface area contributed by atoms with Gasteiger partial charge in [-0.15, -0.1) is 0 Å². The van der Waals surface area contributed by atoms with E-state index in [-0.39, 0.29) is 29.4 Å². The number of hydrogen-bond donors (Lipinski definition) is 3. The zero-order valence-electron chi connectivity index (χ0n) is 19.7. The summed E-state index contributed by atoms with van der Waals surface area (Å²) in [5, 5.41) is 22.0. The maximum atomic E-state index is 13.3. The molecule has 3 N–H and O–H groups in total. The highest BCUT2D eigenvalue weighted by molar-refractivity contribution is 6.10. The van der Waals surface area contributed by atoms with E-state index in [0.29, 0.717) is 16.9 Å². The van der Waals surface area contributed by atoms with Crippen molar-refractivity contribution in [3.05, 3.63) is 65.7 Å². The van der Waals surface area contributed by atoms with Crippen molar-refractivity contribution in [2.75, 3.05) is 11.9 Å². The Morgan fingerprint density at radius 1 is 0.889 bits per heavy atom. The number of hydrogen-bond acceptors (Lipinski definition) is 8. The van der Waals surface area contributed by atoms with Gasteiger partial charge in [0.05, 0.1) is 23.4 Å². The number of carbonyl (C=O) groups is 4. The molecule has 3 aromatic carbocycles. The molecule has 186 valence electrons. The third kappa shape index (κ3) is 5.98. The van der Waals surface area contributed by atoms with E-state index in [9.17, 15) is 29.4 Å². The summed E-state index contributed by atoms with van der Waals surface area (Å²) in [5.74, 6) is -3.73. The molecular weight excluding hydrogens is 470 g/mol. The number of phenolic OH excluding ortho intramolecular Hbond substituents is 1. The molecule has 0 aliphatic rings. The van der Waals surface area contributed by atoms with Crippen molar-refractivity contribution in [1.82, 2.24) is 0 Å². The molecule has 3 aromatic rings. The van der Waals surface area contributed by atoms with Crippen molar-refractivity contribution in [2.45, 2.75) is 20.8 Å². The standard InChI is InChI=1S/C26H23NO9/c1-4-34-24-18(16-7-5-8-17(11-16)35-14(2)28)9-6-10-19(24)25(31)27-21-13-23(36-15(3)29)22(30)12-20(21)26(32)33/h5-13,30H,4H2,1-3H3,(H,27,31)(H,32,33). The fraction of sp³-hybridized carbons (Fsp3) is 0.154. The molecule has 0 aliphatic carbocycles. The molecule has 36 heavy (non-hydrogen) atoms. The van der Waals surface area contributed by atoms with Gasteiger partial charge in [0.2, 0.25) is 0 Å². The Hall–Kier alpha value is -4.86. The first-order valence-corrected chi connectivity index (χ1v) is 10.8. The summed E-state index contributed by atoms with van der Waals surface area (Å²) in [7, 11) is 0. The Morgan fingerprint density at radius 3 is 2.22 bits per heavy atom. The van der Waals surface area contributed by atoms with Gasteiger partial charge in [0.15, 0.2) is 11.5 Å². The first kappa shape index (κ1) is 25.8. The number of ether oxygens (including phenoxy) is 3. The fourth-order valence-corrected chi connectivity index (χ4v) is 3.41. The number of benzene rings is 3. The van der Waals surface area contributed by atoms with Crippen LogP contribution in [0.15, 0.2) is 54.6 Å². The highest BCUT2D eigenvalue weighted by Gasteiger charge is 2.22. The third-order valence-corrected chi connectivity index (χ3v) is 4.79. The number of aromatic carboxylic acids is 1. The van der Waals surface area contributed by atoms with Gasteiger partial charge in [-0.05, 0) is 30.7 Å². The zero-order chi connectivity index (χ0) is 26.4. The van der Waals surface area contributed by atoms with Gasteiger partial charge in [-0.2, -0.15) is 0 Å². The molecular formula is C26H23NO9. The van der Waals surface area contributed by atoms with Crippen molar-refractivity contribution in [3.63, 3.8) is 0 Å². The number of nitrogens with one attached hydrogen (secondary N) is 1. The lowest BCUT2D eigenvalue weighted by Crippen LogP contribution is -2.17. The summed E-state index contributed by atoms with van der Waals surface area (Å²) in [5.41, 5.74) is 0.611. The van der Waals surface area contributed by atoms with Crippen LogP contribution in [0.1, 0.15) is 41.5 Å². The predicted molar refractivity (Wildman–Crippen MR) is 129 cm³/mol. The molecule has 3 rings (SSSR count). The molecule has 0 aromatic heterocycles. The first-order chi connectivity index (χ1) is 17.1. The smallest absolute Gasteiger partial charge is 0.337 e. The number of aromatic hydroxyl groups is 1. The lowest BCUT2D eigenvalue weighted by Gasteiger charge is -2.17. The Kier molecular flexibility index (Phi) is 7.90. The van der Waals surface area contributed by atoms with Crippen LogP contribution in [-0.2, 0) is 9.59 Å². The van der Waals surface area contributed by atoms with Crippen LogP contribution in [0, 0.1) is 0 Å². The van der Waals surface area contributed by atoms with Crippen molar-refractivity contribution in [3.8, 4) is 34.1 Å². The Balaban J connectivity index is 2.06. The molecule has 0 spiro atoms. The highest BCUT2D eigenvalue weighted by Crippen LogP contribution is 2.37. The molecule has 10 heteroatoms. The molecule has 10 nitrogen and oxygen atoms in total. The van der Waals surface area contributed by atoms with Crippen molar-refractivity contribution in [2.24, 2.45) is 0 Å². The van der Waals surface area contributed by atoms with Gasteiger partial charge in [0, 0.05) is 31.5 Å². The molecule has 0 saturated carbocycles. The van der Waals surface area contributed by atoms with Crippen LogP contribution in [0.4, 0.5) is 5.69 Å². The van der Waals surface area contributed by atoms with E-state index in [2.05, 4.69) is 5.32 Å². The second-order valence-electron chi connectivity index (χ2n) is 7.46. The average Bonchev–Trinajstić information content (AvgIpc) is 2.80. The monoisotopic (exact) mass is 493 g/mol. The number of carbonyl (C=O) groups excluding carboxylic acids is 3. The molecule has 0 atom stereocenters. The van der Waals surface area contributed by atoms with Crippen LogP contribution in [0.2, 0.25) is 0 Å². The van der Waals surface area contributed by atoms with Crippen LogP contribution in [-0.4, -0.2) is 40.6 Å². The van der Waals surface area contributed by atoms with Gasteiger partial charge in [0.25, 0.3) is 5.91 Å².